The highest BCUT2D eigenvalue weighted by Gasteiger charge is 2.42. The lowest BCUT2D eigenvalue weighted by Crippen LogP contribution is -2.26. The number of hydrogen-bond acceptors (Lipinski definition) is 0. The molecule has 15 heavy (non-hydrogen) atoms. The van der Waals surface area contributed by atoms with Crippen LogP contribution in [-0.2, 0) is 11.8 Å². The van der Waals surface area contributed by atoms with E-state index in [4.69, 9.17) is 0 Å². The maximum absolute atomic E-state index is 2.51. The van der Waals surface area contributed by atoms with E-state index < -0.39 is 0 Å². The highest BCUT2D eigenvalue weighted by atomic mass is 14.5. The summed E-state index contributed by atoms with van der Waals surface area (Å²) in [6, 6.07) is 9.14. The van der Waals surface area contributed by atoms with E-state index >= 15 is 0 Å². The molecule has 0 aromatic heterocycles. The van der Waals surface area contributed by atoms with Crippen LogP contribution in [0.4, 0.5) is 0 Å². The number of benzene rings is 1. The predicted octanol–water partition coefficient (Wildman–Crippen LogP) is 4.08. The summed E-state index contributed by atoms with van der Waals surface area (Å²) >= 11 is 0. The van der Waals surface area contributed by atoms with Crippen LogP contribution in [-0.4, -0.2) is 0 Å². The minimum absolute atomic E-state index is 0.507. The molecule has 1 fully saturated rings. The highest BCUT2D eigenvalue weighted by Crippen LogP contribution is 2.49. The quantitative estimate of drug-likeness (QED) is 0.592. The predicted molar refractivity (Wildman–Crippen MR) is 64.1 cm³/mol. The monoisotopic (exact) mass is 200 g/mol. The third kappa shape index (κ3) is 1.34. The van der Waals surface area contributed by atoms with Crippen molar-refractivity contribution in [3.8, 4) is 0 Å². The van der Waals surface area contributed by atoms with Crippen molar-refractivity contribution in [1.29, 1.82) is 0 Å². The molecule has 1 saturated carbocycles. The van der Waals surface area contributed by atoms with Crippen molar-refractivity contribution >= 4 is 0 Å². The molecule has 2 aliphatic rings. The van der Waals surface area contributed by atoms with Gasteiger partial charge in [0.15, 0.2) is 0 Å². The Morgan fingerprint density at radius 3 is 2.93 bits per heavy atom. The van der Waals surface area contributed by atoms with Gasteiger partial charge in [-0.1, -0.05) is 50.5 Å². The van der Waals surface area contributed by atoms with Crippen LogP contribution in [0.3, 0.4) is 0 Å². The van der Waals surface area contributed by atoms with Crippen LogP contribution in [0.2, 0.25) is 0 Å². The maximum atomic E-state index is 2.51. The third-order valence-corrected chi connectivity index (χ3v) is 4.75. The molecule has 2 aliphatic carbocycles. The first-order valence-corrected chi connectivity index (χ1v) is 6.39. The van der Waals surface area contributed by atoms with Gasteiger partial charge in [0.2, 0.25) is 0 Å². The summed E-state index contributed by atoms with van der Waals surface area (Å²) in [4.78, 5) is 0. The van der Waals surface area contributed by atoms with Gasteiger partial charge in [-0.15, -0.1) is 0 Å². The van der Waals surface area contributed by atoms with E-state index in [1.807, 2.05) is 0 Å². The van der Waals surface area contributed by atoms with Crippen LogP contribution in [0.15, 0.2) is 24.3 Å². The fourth-order valence-corrected chi connectivity index (χ4v) is 3.79. The molecule has 0 nitrogen and oxygen atoms in total. The molecule has 0 radical (unpaired) electrons. The molecule has 80 valence electrons. The van der Waals surface area contributed by atoms with Crippen LogP contribution in [0.5, 0.6) is 0 Å². The van der Waals surface area contributed by atoms with Crippen molar-refractivity contribution < 1.29 is 0 Å². The van der Waals surface area contributed by atoms with E-state index in [1.54, 1.807) is 11.1 Å². The van der Waals surface area contributed by atoms with Crippen LogP contribution >= 0.6 is 0 Å². The minimum atomic E-state index is 0.507. The Balaban J connectivity index is 2.06. The molecule has 0 heteroatoms. The van der Waals surface area contributed by atoms with Gasteiger partial charge in [-0.2, -0.15) is 0 Å². The zero-order chi connectivity index (χ0) is 10.3. The maximum Gasteiger partial charge on any atom is -0.00411 e. The molecule has 3 rings (SSSR count). The van der Waals surface area contributed by atoms with Gasteiger partial charge in [-0.25, -0.2) is 0 Å². The second-order valence-corrected chi connectivity index (χ2v) is 5.57. The molecule has 0 N–H and O–H groups in total. The lowest BCUT2D eigenvalue weighted by molar-refractivity contribution is 0.301. The summed E-state index contributed by atoms with van der Waals surface area (Å²) in [5, 5.41) is 0. The van der Waals surface area contributed by atoms with Crippen LogP contribution in [0, 0.1) is 5.92 Å². The van der Waals surface area contributed by atoms with Gasteiger partial charge in [-0.05, 0) is 41.7 Å². The van der Waals surface area contributed by atoms with Gasteiger partial charge < -0.3 is 0 Å². The zero-order valence-corrected chi connectivity index (χ0v) is 9.63. The minimum Gasteiger partial charge on any atom is -0.0620 e. The average Bonchev–Trinajstić information content (AvgIpc) is 2.41. The van der Waals surface area contributed by atoms with Crippen molar-refractivity contribution in [2.45, 2.75) is 50.9 Å². The summed E-state index contributed by atoms with van der Waals surface area (Å²) in [6.45, 7) is 2.51. The van der Waals surface area contributed by atoms with Crippen LogP contribution in [0.25, 0.3) is 0 Å². The molecular weight excluding hydrogens is 180 g/mol. The zero-order valence-electron chi connectivity index (χ0n) is 9.63. The molecule has 0 heterocycles. The van der Waals surface area contributed by atoms with Crippen molar-refractivity contribution in [3.05, 3.63) is 35.4 Å². The number of rotatable bonds is 0. The third-order valence-electron chi connectivity index (χ3n) is 4.75. The first-order valence-electron chi connectivity index (χ1n) is 6.39. The fraction of sp³-hybridized carbons (Fsp3) is 0.600. The van der Waals surface area contributed by atoms with Gasteiger partial charge >= 0.3 is 0 Å². The second kappa shape index (κ2) is 3.37. The Morgan fingerprint density at radius 2 is 2.00 bits per heavy atom. The van der Waals surface area contributed by atoms with Crippen molar-refractivity contribution in [3.63, 3.8) is 0 Å². The smallest absolute Gasteiger partial charge is 0.00411 e. The molecular formula is C15H20. The van der Waals surface area contributed by atoms with Crippen molar-refractivity contribution in [2.75, 3.05) is 0 Å². The number of hydrogen-bond donors (Lipinski definition) is 0. The summed E-state index contributed by atoms with van der Waals surface area (Å²) in [7, 11) is 0. The van der Waals surface area contributed by atoms with Gasteiger partial charge in [-0.3, -0.25) is 0 Å². The Labute approximate surface area is 92.7 Å². The molecule has 0 amide bonds. The van der Waals surface area contributed by atoms with Gasteiger partial charge in [0, 0.05) is 0 Å². The molecule has 1 aromatic rings. The van der Waals surface area contributed by atoms with Crippen LogP contribution < -0.4 is 0 Å². The lowest BCUT2D eigenvalue weighted by Gasteiger charge is -2.31. The van der Waals surface area contributed by atoms with Crippen molar-refractivity contribution in [1.82, 2.24) is 0 Å². The Morgan fingerprint density at radius 1 is 1.13 bits per heavy atom. The van der Waals surface area contributed by atoms with Gasteiger partial charge in [0.05, 0.1) is 0 Å². The van der Waals surface area contributed by atoms with E-state index in [2.05, 4.69) is 31.2 Å². The average molecular weight is 200 g/mol. The Kier molecular flexibility index (Phi) is 2.12. The lowest BCUT2D eigenvalue weighted by atomic mass is 9.73. The van der Waals surface area contributed by atoms with Crippen LogP contribution in [0.1, 0.15) is 50.2 Å². The van der Waals surface area contributed by atoms with E-state index in [0.717, 1.165) is 5.92 Å². The van der Waals surface area contributed by atoms with Gasteiger partial charge in [0.25, 0.3) is 0 Å². The largest absolute Gasteiger partial charge is 0.0620 e. The SMILES string of the molecule is C[C@@]12CCCCCC1Cc1ccccc12. The summed E-state index contributed by atoms with van der Waals surface area (Å²) in [5.41, 5.74) is 3.80. The molecule has 0 saturated heterocycles. The number of fused-ring (bicyclic) bond motifs is 3. The molecule has 0 bridgehead atoms. The molecule has 2 atom stereocenters. The summed E-state index contributed by atoms with van der Waals surface area (Å²) < 4.78 is 0. The molecule has 0 spiro atoms. The topological polar surface area (TPSA) is 0 Å². The molecule has 0 aliphatic heterocycles. The fourth-order valence-electron chi connectivity index (χ4n) is 3.79. The molecule has 1 aromatic carbocycles. The normalized spacial score (nSPS) is 34.3. The van der Waals surface area contributed by atoms with E-state index in [9.17, 15) is 0 Å². The second-order valence-electron chi connectivity index (χ2n) is 5.57. The Bertz CT molecular complexity index is 366. The molecule has 1 unspecified atom stereocenters. The first kappa shape index (κ1) is 9.45. The van der Waals surface area contributed by atoms with Gasteiger partial charge in [0.1, 0.15) is 0 Å². The first-order chi connectivity index (χ1) is 7.31. The van der Waals surface area contributed by atoms with E-state index in [1.165, 1.54) is 38.5 Å². The standard InChI is InChI=1S/C15H20/c1-15-10-6-2-3-8-13(15)11-12-7-4-5-9-14(12)15/h4-5,7,9,13H,2-3,6,8,10-11H2,1H3/t13?,15-/m1/s1. The van der Waals surface area contributed by atoms with Crippen molar-refractivity contribution in [2.24, 2.45) is 5.92 Å². The summed E-state index contributed by atoms with van der Waals surface area (Å²) in [5.74, 6) is 0.928. The van der Waals surface area contributed by atoms with E-state index in [-0.39, 0.29) is 0 Å². The van der Waals surface area contributed by atoms with E-state index in [0.29, 0.717) is 5.41 Å². The summed E-state index contributed by atoms with van der Waals surface area (Å²) in [6.07, 6.45) is 8.54. The Hall–Kier alpha value is -0.780. The highest BCUT2D eigenvalue weighted by molar-refractivity contribution is 5.40.